The van der Waals surface area contributed by atoms with Crippen LogP contribution in [0.5, 0.6) is 0 Å². The topological polar surface area (TPSA) is 102 Å². The minimum absolute atomic E-state index is 0.195. The maximum atomic E-state index is 12.1. The summed E-state index contributed by atoms with van der Waals surface area (Å²) >= 11 is 0. The number of aromatic nitrogens is 5. The smallest absolute Gasteiger partial charge is 0.279 e. The summed E-state index contributed by atoms with van der Waals surface area (Å²) < 4.78 is 1.35. The summed E-state index contributed by atoms with van der Waals surface area (Å²) in [4.78, 5) is 14.7. The van der Waals surface area contributed by atoms with E-state index in [0.717, 1.165) is 5.69 Å². The van der Waals surface area contributed by atoms with Gasteiger partial charge in [-0.15, -0.1) is 10.2 Å². The summed E-state index contributed by atoms with van der Waals surface area (Å²) in [7, 11) is 0. The van der Waals surface area contributed by atoms with Crippen LogP contribution < -0.4 is 11.3 Å². The van der Waals surface area contributed by atoms with Gasteiger partial charge >= 0.3 is 0 Å². The molecule has 3 aromatic rings. The Morgan fingerprint density at radius 3 is 2.55 bits per heavy atom. The molecule has 3 rings (SSSR count). The van der Waals surface area contributed by atoms with Crippen molar-refractivity contribution >= 4 is 5.82 Å². The van der Waals surface area contributed by atoms with Crippen molar-refractivity contribution in [2.75, 3.05) is 5.73 Å². The Morgan fingerprint density at radius 1 is 1.20 bits per heavy atom. The van der Waals surface area contributed by atoms with Crippen molar-refractivity contribution in [3.63, 3.8) is 0 Å². The highest BCUT2D eigenvalue weighted by Gasteiger charge is 2.11. The average Bonchev–Trinajstić information content (AvgIpc) is 2.78. The van der Waals surface area contributed by atoms with Crippen LogP contribution in [0.4, 0.5) is 5.82 Å². The number of nitrogen functional groups attached to an aromatic ring is 1. The van der Waals surface area contributed by atoms with Crippen molar-refractivity contribution in [3.05, 3.63) is 52.4 Å². The number of benzene rings is 1. The molecule has 0 aliphatic heterocycles. The first-order chi connectivity index (χ1) is 9.65. The summed E-state index contributed by atoms with van der Waals surface area (Å²) in [6.45, 7) is 1.80. The minimum Gasteiger partial charge on any atom is -0.383 e. The van der Waals surface area contributed by atoms with Gasteiger partial charge in [0.15, 0.2) is 5.69 Å². The maximum absolute atomic E-state index is 12.1. The number of nitrogens with two attached hydrogens (primary N) is 1. The van der Waals surface area contributed by atoms with Crippen LogP contribution in [0.25, 0.3) is 17.2 Å². The molecule has 0 spiro atoms. The van der Waals surface area contributed by atoms with Gasteiger partial charge in [0.25, 0.3) is 11.5 Å². The van der Waals surface area contributed by atoms with Gasteiger partial charge in [0, 0.05) is 11.6 Å². The molecule has 0 aliphatic carbocycles. The van der Waals surface area contributed by atoms with E-state index in [4.69, 9.17) is 5.73 Å². The van der Waals surface area contributed by atoms with E-state index >= 15 is 0 Å². The van der Waals surface area contributed by atoms with Crippen LogP contribution in [0.3, 0.4) is 0 Å². The van der Waals surface area contributed by atoms with Crippen LogP contribution in [-0.4, -0.2) is 25.0 Å². The van der Waals surface area contributed by atoms with E-state index in [1.807, 2.05) is 18.2 Å². The SMILES string of the molecule is Cc1cc(N)n(-c2nnc(-c3ccccc3)c(=O)[nH]2)n1. The molecule has 100 valence electrons. The lowest BCUT2D eigenvalue weighted by Crippen LogP contribution is -2.18. The van der Waals surface area contributed by atoms with Crippen LogP contribution in [-0.2, 0) is 0 Å². The Morgan fingerprint density at radius 2 is 1.95 bits per heavy atom. The van der Waals surface area contributed by atoms with Crippen molar-refractivity contribution < 1.29 is 0 Å². The standard InChI is InChI=1S/C13H12N6O/c1-8-7-10(14)19(18-8)13-15-12(20)11(16-17-13)9-5-3-2-4-6-9/h2-7H,14H2,1H3,(H,15,17,20). The number of H-pyrrole nitrogens is 1. The Labute approximate surface area is 114 Å². The number of nitrogens with one attached hydrogen (secondary N) is 1. The zero-order valence-electron chi connectivity index (χ0n) is 10.7. The second kappa shape index (κ2) is 4.61. The molecule has 2 aromatic heterocycles. The fraction of sp³-hybridized carbons (Fsp3) is 0.0769. The van der Waals surface area contributed by atoms with Crippen molar-refractivity contribution in [2.24, 2.45) is 0 Å². The molecule has 0 fully saturated rings. The predicted octanol–water partition coefficient (Wildman–Crippen LogP) is 0.908. The summed E-state index contributed by atoms with van der Waals surface area (Å²) in [6.07, 6.45) is 0. The maximum Gasteiger partial charge on any atom is 0.279 e. The molecule has 0 amide bonds. The first-order valence-corrected chi connectivity index (χ1v) is 6.00. The Kier molecular flexibility index (Phi) is 2.79. The molecule has 0 bridgehead atoms. The lowest BCUT2D eigenvalue weighted by molar-refractivity contribution is 0.766. The van der Waals surface area contributed by atoms with Crippen LogP contribution in [0.2, 0.25) is 0 Å². The minimum atomic E-state index is -0.339. The molecule has 7 heteroatoms. The summed E-state index contributed by atoms with van der Waals surface area (Å²) in [6, 6.07) is 10.8. The normalized spacial score (nSPS) is 10.7. The highest BCUT2D eigenvalue weighted by atomic mass is 16.1. The lowest BCUT2D eigenvalue weighted by Gasteiger charge is -2.03. The van der Waals surface area contributed by atoms with Crippen LogP contribution in [0, 0.1) is 6.92 Å². The number of nitrogens with zero attached hydrogens (tertiary/aromatic N) is 4. The largest absolute Gasteiger partial charge is 0.383 e. The van der Waals surface area contributed by atoms with Crippen LogP contribution in [0.15, 0.2) is 41.2 Å². The van der Waals surface area contributed by atoms with Gasteiger partial charge in [-0.05, 0) is 6.92 Å². The van der Waals surface area contributed by atoms with E-state index in [9.17, 15) is 4.79 Å². The molecule has 0 unspecified atom stereocenters. The second-order valence-electron chi connectivity index (χ2n) is 4.31. The molecular weight excluding hydrogens is 256 g/mol. The highest BCUT2D eigenvalue weighted by Crippen LogP contribution is 2.12. The van der Waals surface area contributed by atoms with Crippen molar-refractivity contribution in [1.29, 1.82) is 0 Å². The number of rotatable bonds is 2. The third-order valence-electron chi connectivity index (χ3n) is 2.79. The van der Waals surface area contributed by atoms with Gasteiger partial charge in [0.05, 0.1) is 5.69 Å². The third kappa shape index (κ3) is 2.05. The number of hydrogen-bond acceptors (Lipinski definition) is 5. The molecule has 20 heavy (non-hydrogen) atoms. The summed E-state index contributed by atoms with van der Waals surface area (Å²) in [5, 5.41) is 12.1. The van der Waals surface area contributed by atoms with Gasteiger partial charge in [-0.1, -0.05) is 30.3 Å². The first-order valence-electron chi connectivity index (χ1n) is 6.00. The van der Waals surface area contributed by atoms with E-state index < -0.39 is 0 Å². The van der Waals surface area contributed by atoms with E-state index in [-0.39, 0.29) is 17.2 Å². The predicted molar refractivity (Wildman–Crippen MR) is 74.4 cm³/mol. The molecular formula is C13H12N6O. The van der Waals surface area contributed by atoms with Crippen molar-refractivity contribution in [3.8, 4) is 17.2 Å². The molecule has 0 atom stereocenters. The van der Waals surface area contributed by atoms with Crippen LogP contribution in [0.1, 0.15) is 5.69 Å². The lowest BCUT2D eigenvalue weighted by atomic mass is 10.2. The molecule has 0 saturated carbocycles. The number of anilines is 1. The molecule has 3 N–H and O–H groups in total. The van der Waals surface area contributed by atoms with E-state index in [1.165, 1.54) is 4.68 Å². The first kappa shape index (κ1) is 12.1. The van der Waals surface area contributed by atoms with Gasteiger partial charge in [-0.2, -0.15) is 9.78 Å². The molecule has 0 saturated heterocycles. The van der Waals surface area contributed by atoms with Gasteiger partial charge in [0.2, 0.25) is 0 Å². The Balaban J connectivity index is 2.09. The number of hydrogen-bond donors (Lipinski definition) is 2. The zero-order chi connectivity index (χ0) is 14.1. The fourth-order valence-electron chi connectivity index (χ4n) is 1.90. The summed E-state index contributed by atoms with van der Waals surface area (Å²) in [5.41, 5.74) is 7.14. The van der Waals surface area contributed by atoms with Crippen LogP contribution >= 0.6 is 0 Å². The molecule has 1 aromatic carbocycles. The second-order valence-corrected chi connectivity index (χ2v) is 4.31. The van der Waals surface area contributed by atoms with E-state index in [1.54, 1.807) is 25.1 Å². The van der Waals surface area contributed by atoms with Gasteiger partial charge in [0.1, 0.15) is 5.82 Å². The molecule has 2 heterocycles. The van der Waals surface area contributed by atoms with Gasteiger partial charge < -0.3 is 5.73 Å². The van der Waals surface area contributed by atoms with Gasteiger partial charge in [-0.3, -0.25) is 9.78 Å². The number of aryl methyl sites for hydroxylation is 1. The highest BCUT2D eigenvalue weighted by molar-refractivity contribution is 5.57. The number of aromatic amines is 1. The quantitative estimate of drug-likeness (QED) is 0.719. The average molecular weight is 268 g/mol. The van der Waals surface area contributed by atoms with Crippen molar-refractivity contribution in [2.45, 2.75) is 6.92 Å². The molecule has 0 aliphatic rings. The molecule has 0 radical (unpaired) electrons. The Bertz CT molecular complexity index is 805. The summed E-state index contributed by atoms with van der Waals surface area (Å²) in [5.74, 6) is 0.584. The van der Waals surface area contributed by atoms with Gasteiger partial charge in [-0.25, -0.2) is 0 Å². The fourth-order valence-corrected chi connectivity index (χ4v) is 1.90. The monoisotopic (exact) mass is 268 g/mol. The van der Waals surface area contributed by atoms with E-state index in [0.29, 0.717) is 11.4 Å². The molecule has 7 nitrogen and oxygen atoms in total. The van der Waals surface area contributed by atoms with Crippen molar-refractivity contribution in [1.82, 2.24) is 25.0 Å². The zero-order valence-corrected chi connectivity index (χ0v) is 10.7. The third-order valence-corrected chi connectivity index (χ3v) is 2.79. The van der Waals surface area contributed by atoms with E-state index in [2.05, 4.69) is 20.3 Å². The Hall–Kier alpha value is -2.96.